The zero-order valence-corrected chi connectivity index (χ0v) is 15.5. The van der Waals surface area contributed by atoms with Crippen molar-refractivity contribution in [1.29, 1.82) is 0 Å². The fourth-order valence-corrected chi connectivity index (χ4v) is 3.89. The topological polar surface area (TPSA) is 87.8 Å². The molecule has 0 saturated carbocycles. The number of benzene rings is 1. The van der Waals surface area contributed by atoms with Gasteiger partial charge < -0.3 is 15.8 Å². The van der Waals surface area contributed by atoms with Crippen LogP contribution in [-0.2, 0) is 0 Å². The molecule has 0 amide bonds. The van der Waals surface area contributed by atoms with Crippen LogP contribution in [0.15, 0.2) is 61.6 Å². The second-order valence-corrected chi connectivity index (χ2v) is 6.93. The van der Waals surface area contributed by atoms with Gasteiger partial charge in [0, 0.05) is 16.0 Å². The summed E-state index contributed by atoms with van der Waals surface area (Å²) in [5.41, 5.74) is 7.98. The van der Waals surface area contributed by atoms with Gasteiger partial charge in [-0.05, 0) is 36.9 Å². The van der Waals surface area contributed by atoms with E-state index < -0.39 is 11.9 Å². The number of nitrogens with zero attached hydrogens (tertiary/aromatic N) is 2. The zero-order valence-electron chi connectivity index (χ0n) is 14.7. The lowest BCUT2D eigenvalue weighted by atomic mass is 9.98. The average Bonchev–Trinajstić information content (AvgIpc) is 3.32. The molecule has 0 radical (unpaired) electrons. The number of aliphatic hydroxyl groups is 1. The molecule has 0 bridgehead atoms. The number of hydrogen-bond donors (Lipinski definition) is 3. The van der Waals surface area contributed by atoms with Gasteiger partial charge in [0.1, 0.15) is 18.2 Å². The molecule has 5 nitrogen and oxygen atoms in total. The van der Waals surface area contributed by atoms with Crippen LogP contribution in [0.1, 0.15) is 27.7 Å². The molecule has 1 aromatic carbocycles. The normalized spacial score (nSPS) is 13.2. The molecular weight excluding hydrogens is 363 g/mol. The largest absolute Gasteiger partial charge is 0.405 e. The van der Waals surface area contributed by atoms with Crippen molar-refractivity contribution in [3.63, 3.8) is 0 Å². The molecule has 3 rings (SSSR count). The van der Waals surface area contributed by atoms with Gasteiger partial charge in [0.15, 0.2) is 5.82 Å². The maximum Gasteiger partial charge on any atom is 0.171 e. The minimum atomic E-state index is -1.15. The molecule has 1 atom stereocenters. The number of nitrogens with two attached hydrogens (primary N) is 1. The lowest BCUT2D eigenvalue weighted by Crippen LogP contribution is -2.03. The van der Waals surface area contributed by atoms with Gasteiger partial charge >= 0.3 is 0 Å². The smallest absolute Gasteiger partial charge is 0.171 e. The Morgan fingerprint density at radius 1 is 1.37 bits per heavy atom. The molecule has 0 fully saturated rings. The van der Waals surface area contributed by atoms with Crippen LogP contribution in [0.5, 0.6) is 0 Å². The highest BCUT2D eigenvalue weighted by Crippen LogP contribution is 2.40. The maximum absolute atomic E-state index is 14.3. The number of aromatic amines is 1. The summed E-state index contributed by atoms with van der Waals surface area (Å²) in [6, 6.07) is 6.47. The summed E-state index contributed by atoms with van der Waals surface area (Å²) >= 11 is 1.40. The summed E-state index contributed by atoms with van der Waals surface area (Å²) in [5.74, 6) is 0.0381. The van der Waals surface area contributed by atoms with E-state index >= 15 is 0 Å². The van der Waals surface area contributed by atoms with E-state index in [1.807, 2.05) is 19.1 Å². The molecule has 4 N–H and O–H groups in total. The highest BCUT2D eigenvalue weighted by molar-refractivity contribution is 7.16. The summed E-state index contributed by atoms with van der Waals surface area (Å²) in [7, 11) is 0. The van der Waals surface area contributed by atoms with Gasteiger partial charge in [-0.25, -0.2) is 4.39 Å². The first-order valence-corrected chi connectivity index (χ1v) is 9.02. The number of nitrogens with one attached hydrogen (secondary N) is 1. The van der Waals surface area contributed by atoms with E-state index in [0.29, 0.717) is 16.3 Å². The number of aryl methyl sites for hydroxylation is 1. The standard InChI is InChI=1S/C20H19FN4OS/c1-3-4-13(7-8-22)17-10-15(19(27-17)20-23-11-24-25-20)18(26)14-9-12(2)5-6-16(14)21/h3-11,18,26H,1,22H2,2H3,(H,23,24,25)/b8-7-,13-4+. The molecule has 27 heavy (non-hydrogen) atoms. The predicted octanol–water partition coefficient (Wildman–Crippen LogP) is 4.10. The highest BCUT2D eigenvalue weighted by atomic mass is 32.1. The molecule has 0 saturated heterocycles. The number of aromatic nitrogens is 3. The molecule has 7 heteroatoms. The van der Waals surface area contributed by atoms with E-state index in [0.717, 1.165) is 16.0 Å². The van der Waals surface area contributed by atoms with E-state index in [2.05, 4.69) is 21.8 Å². The van der Waals surface area contributed by atoms with E-state index in [4.69, 9.17) is 5.73 Å². The van der Waals surface area contributed by atoms with Crippen molar-refractivity contribution >= 4 is 16.9 Å². The monoisotopic (exact) mass is 382 g/mol. The third kappa shape index (κ3) is 3.89. The predicted molar refractivity (Wildman–Crippen MR) is 106 cm³/mol. The van der Waals surface area contributed by atoms with Gasteiger partial charge in [0.2, 0.25) is 0 Å². The maximum atomic E-state index is 14.3. The number of allylic oxidation sites excluding steroid dienone is 4. The third-order valence-electron chi connectivity index (χ3n) is 3.99. The van der Waals surface area contributed by atoms with Crippen molar-refractivity contribution in [2.45, 2.75) is 13.0 Å². The van der Waals surface area contributed by atoms with Crippen molar-refractivity contribution in [3.05, 3.63) is 89.0 Å². The van der Waals surface area contributed by atoms with Crippen LogP contribution in [0.3, 0.4) is 0 Å². The van der Waals surface area contributed by atoms with Gasteiger partial charge in [-0.3, -0.25) is 0 Å². The molecular formula is C20H19FN4OS. The summed E-state index contributed by atoms with van der Waals surface area (Å²) in [6.07, 6.45) is 6.93. The molecule has 0 aliphatic rings. The van der Waals surface area contributed by atoms with Crippen LogP contribution in [0.4, 0.5) is 4.39 Å². The van der Waals surface area contributed by atoms with Crippen LogP contribution in [0, 0.1) is 12.7 Å². The van der Waals surface area contributed by atoms with E-state index in [1.165, 1.54) is 29.9 Å². The molecule has 138 valence electrons. The molecule has 1 unspecified atom stereocenters. The SMILES string of the molecule is C=C/C=C(\C=C/N)c1cc(C(O)c2cc(C)ccc2F)c(-c2nnc[nH]2)s1. The van der Waals surface area contributed by atoms with Crippen LogP contribution >= 0.6 is 11.3 Å². The molecule has 3 aromatic rings. The van der Waals surface area contributed by atoms with Crippen LogP contribution in [0.25, 0.3) is 16.3 Å². The lowest BCUT2D eigenvalue weighted by Gasteiger charge is -2.13. The fraction of sp³-hybridized carbons (Fsp3) is 0.100. The van der Waals surface area contributed by atoms with Gasteiger partial charge in [-0.15, -0.1) is 21.5 Å². The zero-order chi connectivity index (χ0) is 19.4. The van der Waals surface area contributed by atoms with Crippen molar-refractivity contribution in [2.24, 2.45) is 5.73 Å². The van der Waals surface area contributed by atoms with E-state index in [9.17, 15) is 9.50 Å². The Hall–Kier alpha value is -3.03. The summed E-state index contributed by atoms with van der Waals surface area (Å²) < 4.78 is 14.3. The minimum Gasteiger partial charge on any atom is -0.405 e. The Balaban J connectivity index is 2.17. The number of hydrogen-bond acceptors (Lipinski definition) is 5. The van der Waals surface area contributed by atoms with Gasteiger partial charge in [0.25, 0.3) is 0 Å². The van der Waals surface area contributed by atoms with Crippen molar-refractivity contribution in [3.8, 4) is 10.7 Å². The molecule has 2 aromatic heterocycles. The fourth-order valence-electron chi connectivity index (χ4n) is 2.74. The van der Waals surface area contributed by atoms with E-state index in [1.54, 1.807) is 24.3 Å². The molecule has 0 spiro atoms. The summed E-state index contributed by atoms with van der Waals surface area (Å²) in [6.45, 7) is 5.57. The Kier molecular flexibility index (Phi) is 5.63. The van der Waals surface area contributed by atoms with Crippen LogP contribution < -0.4 is 5.73 Å². The Morgan fingerprint density at radius 3 is 2.85 bits per heavy atom. The van der Waals surface area contributed by atoms with Crippen molar-refractivity contribution in [1.82, 2.24) is 15.2 Å². The number of aliphatic hydroxyl groups excluding tert-OH is 1. The van der Waals surface area contributed by atoms with Crippen molar-refractivity contribution < 1.29 is 9.50 Å². The van der Waals surface area contributed by atoms with Gasteiger partial charge in [-0.1, -0.05) is 36.4 Å². The van der Waals surface area contributed by atoms with Gasteiger partial charge in [0.05, 0.1) is 4.88 Å². The second kappa shape index (κ2) is 8.11. The first kappa shape index (κ1) is 18.8. The van der Waals surface area contributed by atoms with Crippen molar-refractivity contribution in [2.75, 3.05) is 0 Å². The molecule has 2 heterocycles. The average molecular weight is 382 g/mol. The van der Waals surface area contributed by atoms with Gasteiger partial charge in [-0.2, -0.15) is 0 Å². The number of rotatable bonds is 6. The summed E-state index contributed by atoms with van der Waals surface area (Å²) in [5, 5.41) is 18.8. The van der Waals surface area contributed by atoms with E-state index in [-0.39, 0.29) is 5.56 Å². The Bertz CT molecular complexity index is 1010. The molecule has 0 aliphatic heterocycles. The molecule has 0 aliphatic carbocycles. The second-order valence-electron chi connectivity index (χ2n) is 5.88. The Labute approximate surface area is 160 Å². The highest BCUT2D eigenvalue weighted by Gasteiger charge is 2.24. The summed E-state index contributed by atoms with van der Waals surface area (Å²) in [4.78, 5) is 4.46. The Morgan fingerprint density at radius 2 is 2.19 bits per heavy atom. The number of halogens is 1. The minimum absolute atomic E-state index is 0.212. The number of thiophene rings is 1. The number of H-pyrrole nitrogens is 1. The lowest BCUT2D eigenvalue weighted by molar-refractivity contribution is 0.216. The third-order valence-corrected chi connectivity index (χ3v) is 5.20. The van der Waals surface area contributed by atoms with Crippen LogP contribution in [0.2, 0.25) is 0 Å². The quantitative estimate of drug-likeness (QED) is 0.560. The first-order valence-electron chi connectivity index (χ1n) is 8.20. The van der Waals surface area contributed by atoms with Crippen LogP contribution in [-0.4, -0.2) is 20.3 Å². The first-order chi connectivity index (χ1) is 13.0.